The Bertz CT molecular complexity index is 847. The molecule has 2 atom stereocenters. The number of benzene rings is 1. The van der Waals surface area contributed by atoms with Gasteiger partial charge in [0, 0.05) is 50.6 Å². The molecule has 2 unspecified atom stereocenters. The fourth-order valence-electron chi connectivity index (χ4n) is 3.43. The Morgan fingerprint density at radius 3 is 2.86 bits per heavy atom. The zero-order valence-electron chi connectivity index (χ0n) is 15.5. The quantitative estimate of drug-likeness (QED) is 0.823. The number of carbonyl (C=O) groups excluding carboxylic acids is 2. The minimum absolute atomic E-state index is 0.0815. The summed E-state index contributed by atoms with van der Waals surface area (Å²) < 4.78 is 27.5. The van der Waals surface area contributed by atoms with Crippen LogP contribution in [0.4, 0.5) is 8.78 Å². The molecule has 2 N–H and O–H groups in total. The van der Waals surface area contributed by atoms with Gasteiger partial charge in [0.15, 0.2) is 0 Å². The molecule has 1 saturated heterocycles. The number of hydrogen-bond donors (Lipinski definition) is 2. The second-order valence-electron chi connectivity index (χ2n) is 6.72. The van der Waals surface area contributed by atoms with Crippen LogP contribution in [-0.4, -0.2) is 41.3 Å². The molecule has 28 heavy (non-hydrogen) atoms. The van der Waals surface area contributed by atoms with Gasteiger partial charge < -0.3 is 15.5 Å². The van der Waals surface area contributed by atoms with Crippen LogP contribution in [0.3, 0.4) is 0 Å². The zero-order chi connectivity index (χ0) is 20.1. The molecular weight excluding hydrogens is 366 g/mol. The molecule has 1 aromatic heterocycles. The third-order valence-corrected chi connectivity index (χ3v) is 4.73. The van der Waals surface area contributed by atoms with E-state index >= 15 is 0 Å². The number of halogens is 2. The molecule has 3 rings (SSSR count). The largest absolute Gasteiger partial charge is 0.349 e. The molecule has 1 aromatic carbocycles. The highest BCUT2D eigenvalue weighted by Crippen LogP contribution is 2.26. The number of piperazine rings is 1. The number of carbonyl (C=O) groups is 2. The van der Waals surface area contributed by atoms with Crippen LogP contribution in [0.5, 0.6) is 0 Å². The van der Waals surface area contributed by atoms with E-state index in [-0.39, 0.29) is 23.9 Å². The van der Waals surface area contributed by atoms with Crippen molar-refractivity contribution in [1.82, 2.24) is 20.5 Å². The summed E-state index contributed by atoms with van der Waals surface area (Å²) in [6.07, 6.45) is 3.25. The number of nitrogens with one attached hydrogen (secondary N) is 2. The second kappa shape index (κ2) is 8.88. The lowest BCUT2D eigenvalue weighted by Crippen LogP contribution is -2.49. The Labute approximate surface area is 162 Å². The molecular formula is C20H22F2N4O2. The van der Waals surface area contributed by atoms with E-state index in [4.69, 9.17) is 0 Å². The molecule has 1 fully saturated rings. The van der Waals surface area contributed by atoms with Gasteiger partial charge in [-0.3, -0.25) is 14.6 Å². The smallest absolute Gasteiger partial charge is 0.225 e. The van der Waals surface area contributed by atoms with Crippen LogP contribution in [0, 0.1) is 11.6 Å². The Kier molecular flexibility index (Phi) is 6.30. The predicted molar refractivity (Wildman–Crippen MR) is 99.1 cm³/mol. The van der Waals surface area contributed by atoms with Crippen molar-refractivity contribution in [3.8, 4) is 0 Å². The number of aromatic nitrogens is 1. The lowest BCUT2D eigenvalue weighted by atomic mass is 9.99. The van der Waals surface area contributed by atoms with Crippen molar-refractivity contribution >= 4 is 11.8 Å². The van der Waals surface area contributed by atoms with E-state index in [9.17, 15) is 18.4 Å². The number of nitrogens with zero attached hydrogens (tertiary/aromatic N) is 2. The van der Waals surface area contributed by atoms with E-state index < -0.39 is 23.6 Å². The molecule has 2 amide bonds. The molecule has 1 aliphatic rings. The number of hydrogen-bond acceptors (Lipinski definition) is 4. The summed E-state index contributed by atoms with van der Waals surface area (Å²) in [5.74, 6) is -2.13. The normalized spacial score (nSPS) is 17.8. The summed E-state index contributed by atoms with van der Waals surface area (Å²) >= 11 is 0. The molecule has 1 aliphatic heterocycles. The summed E-state index contributed by atoms with van der Waals surface area (Å²) in [5.41, 5.74) is 0.977. The van der Waals surface area contributed by atoms with Crippen molar-refractivity contribution in [3.63, 3.8) is 0 Å². The van der Waals surface area contributed by atoms with Gasteiger partial charge in [-0.25, -0.2) is 8.78 Å². The molecule has 0 bridgehead atoms. The first-order chi connectivity index (χ1) is 13.5. The molecule has 2 heterocycles. The summed E-state index contributed by atoms with van der Waals surface area (Å²) in [6, 6.07) is 5.74. The van der Waals surface area contributed by atoms with Crippen LogP contribution in [0.2, 0.25) is 0 Å². The molecule has 0 saturated carbocycles. The second-order valence-corrected chi connectivity index (χ2v) is 6.72. The maximum atomic E-state index is 14.3. The van der Waals surface area contributed by atoms with Crippen molar-refractivity contribution in [3.05, 3.63) is 65.5 Å². The van der Waals surface area contributed by atoms with E-state index in [0.29, 0.717) is 19.6 Å². The maximum Gasteiger partial charge on any atom is 0.225 e. The predicted octanol–water partition coefficient (Wildman–Crippen LogP) is 2.10. The van der Waals surface area contributed by atoms with Crippen molar-refractivity contribution < 1.29 is 18.4 Å². The molecule has 8 heteroatoms. The van der Waals surface area contributed by atoms with Crippen molar-refractivity contribution in [2.45, 2.75) is 25.4 Å². The number of pyridine rings is 1. The monoisotopic (exact) mass is 388 g/mol. The van der Waals surface area contributed by atoms with Crippen LogP contribution in [0.15, 0.2) is 42.7 Å². The van der Waals surface area contributed by atoms with E-state index in [1.54, 1.807) is 23.4 Å². The van der Waals surface area contributed by atoms with Gasteiger partial charge in [-0.05, 0) is 17.7 Å². The van der Waals surface area contributed by atoms with Gasteiger partial charge in [0.2, 0.25) is 11.8 Å². The van der Waals surface area contributed by atoms with Gasteiger partial charge >= 0.3 is 0 Å². The topological polar surface area (TPSA) is 74.3 Å². The van der Waals surface area contributed by atoms with Gasteiger partial charge in [0.25, 0.3) is 0 Å². The van der Waals surface area contributed by atoms with Crippen LogP contribution < -0.4 is 10.6 Å². The third-order valence-electron chi connectivity index (χ3n) is 4.73. The Morgan fingerprint density at radius 2 is 2.18 bits per heavy atom. The molecule has 0 spiro atoms. The molecule has 6 nitrogen and oxygen atoms in total. The Hall–Kier alpha value is -2.87. The van der Waals surface area contributed by atoms with Gasteiger partial charge in [-0.2, -0.15) is 0 Å². The fraction of sp³-hybridized carbons (Fsp3) is 0.350. The minimum Gasteiger partial charge on any atom is -0.349 e. The van der Waals surface area contributed by atoms with E-state index in [2.05, 4.69) is 15.6 Å². The first kappa shape index (κ1) is 19.9. The van der Waals surface area contributed by atoms with Crippen LogP contribution >= 0.6 is 0 Å². The van der Waals surface area contributed by atoms with E-state index in [0.717, 1.165) is 17.7 Å². The average molecular weight is 388 g/mol. The summed E-state index contributed by atoms with van der Waals surface area (Å²) in [6.45, 7) is 2.99. The maximum absolute atomic E-state index is 14.3. The zero-order valence-corrected chi connectivity index (χ0v) is 15.5. The number of amides is 2. The summed E-state index contributed by atoms with van der Waals surface area (Å²) in [4.78, 5) is 30.5. The molecule has 148 valence electrons. The average Bonchev–Trinajstić information content (AvgIpc) is 2.68. The lowest BCUT2D eigenvalue weighted by Gasteiger charge is -2.37. The first-order valence-electron chi connectivity index (χ1n) is 9.08. The van der Waals surface area contributed by atoms with Crippen molar-refractivity contribution in [2.75, 3.05) is 19.6 Å². The Balaban J connectivity index is 1.83. The van der Waals surface area contributed by atoms with Gasteiger partial charge in [0.1, 0.15) is 11.6 Å². The van der Waals surface area contributed by atoms with Crippen molar-refractivity contribution in [1.29, 1.82) is 0 Å². The van der Waals surface area contributed by atoms with E-state index in [1.165, 1.54) is 13.0 Å². The van der Waals surface area contributed by atoms with Crippen LogP contribution in [-0.2, 0) is 9.59 Å². The molecule has 0 radical (unpaired) electrons. The van der Waals surface area contributed by atoms with E-state index in [1.807, 2.05) is 6.07 Å². The van der Waals surface area contributed by atoms with Crippen molar-refractivity contribution in [2.24, 2.45) is 0 Å². The number of rotatable bonds is 5. The standard InChI is InChI=1S/C20H22F2N4O2/c1-13(27)25-18(16-5-4-15(21)9-17(16)22)10-20(28)26-8-7-24-12-19(26)14-3-2-6-23-11-14/h2-6,9,11,18-19,24H,7-8,10,12H2,1H3,(H,25,27). The minimum atomic E-state index is -0.880. The fourth-order valence-corrected chi connectivity index (χ4v) is 3.43. The van der Waals surface area contributed by atoms with Gasteiger partial charge in [-0.15, -0.1) is 0 Å². The Morgan fingerprint density at radius 1 is 1.36 bits per heavy atom. The first-order valence-corrected chi connectivity index (χ1v) is 9.08. The highest BCUT2D eigenvalue weighted by Gasteiger charge is 2.30. The van der Waals surface area contributed by atoms with Gasteiger partial charge in [-0.1, -0.05) is 12.1 Å². The lowest BCUT2D eigenvalue weighted by molar-refractivity contribution is -0.135. The summed E-state index contributed by atoms with van der Waals surface area (Å²) in [5, 5.41) is 5.86. The molecule has 0 aliphatic carbocycles. The molecule has 2 aromatic rings. The highest BCUT2D eigenvalue weighted by molar-refractivity contribution is 5.79. The van der Waals surface area contributed by atoms with Gasteiger partial charge in [0.05, 0.1) is 18.5 Å². The summed E-state index contributed by atoms with van der Waals surface area (Å²) in [7, 11) is 0. The SMILES string of the molecule is CC(=O)NC(CC(=O)N1CCNCC1c1cccnc1)c1ccc(F)cc1F. The third kappa shape index (κ3) is 4.69. The van der Waals surface area contributed by atoms with Crippen LogP contribution in [0.1, 0.15) is 36.6 Å². The van der Waals surface area contributed by atoms with Crippen LogP contribution in [0.25, 0.3) is 0 Å². The highest BCUT2D eigenvalue weighted by atomic mass is 19.1.